The fourth-order valence-electron chi connectivity index (χ4n) is 6.94. The number of carbonyl (C=O) groups excluding carboxylic acids is 1. The number of hydrogen-bond donors (Lipinski definition) is 1. The topological polar surface area (TPSA) is 126 Å². The fourth-order valence-corrected chi connectivity index (χ4v) is 6.94. The van der Waals surface area contributed by atoms with Crippen molar-refractivity contribution in [2.24, 2.45) is 0 Å². The van der Waals surface area contributed by atoms with Crippen LogP contribution >= 0.6 is 0 Å². The lowest BCUT2D eigenvalue weighted by molar-refractivity contribution is -0.137. The number of piperazine rings is 1. The van der Waals surface area contributed by atoms with Crippen LogP contribution in [0.1, 0.15) is 49.4 Å². The van der Waals surface area contributed by atoms with Gasteiger partial charge in [0.05, 0.1) is 18.3 Å². The van der Waals surface area contributed by atoms with Crippen LogP contribution in [0.5, 0.6) is 6.01 Å². The van der Waals surface area contributed by atoms with Gasteiger partial charge in [0.25, 0.3) is 0 Å². The van der Waals surface area contributed by atoms with Crippen molar-refractivity contribution in [3.05, 3.63) is 65.9 Å². The van der Waals surface area contributed by atoms with Crippen molar-refractivity contribution in [3.63, 3.8) is 0 Å². The van der Waals surface area contributed by atoms with E-state index in [1.165, 1.54) is 35.0 Å². The van der Waals surface area contributed by atoms with Crippen molar-refractivity contribution in [3.8, 4) is 12.1 Å². The summed E-state index contributed by atoms with van der Waals surface area (Å²) in [5.74, 6) is 0.118. The number of rotatable bonds is 10. The number of anilines is 2. The molecule has 11 heteroatoms. The van der Waals surface area contributed by atoms with Gasteiger partial charge in [0.15, 0.2) is 0 Å². The minimum Gasteiger partial charge on any atom is -0.481 e. The molecule has 1 atom stereocenters. The van der Waals surface area contributed by atoms with Crippen molar-refractivity contribution >= 4 is 34.2 Å². The maximum Gasteiger partial charge on any atom is 0.318 e. The summed E-state index contributed by atoms with van der Waals surface area (Å²) in [5, 5.41) is 18.9. The zero-order valence-corrected chi connectivity index (χ0v) is 27.5. The molecule has 2 fully saturated rings. The molecule has 4 heterocycles. The number of nitriles is 1. The highest BCUT2D eigenvalue weighted by Crippen LogP contribution is 2.35. The Labute approximate surface area is 277 Å². The summed E-state index contributed by atoms with van der Waals surface area (Å²) in [6.45, 7) is 13.6. The molecule has 3 aliphatic heterocycles. The Kier molecular flexibility index (Phi) is 11.3. The zero-order chi connectivity index (χ0) is 33.3. The van der Waals surface area contributed by atoms with Gasteiger partial charge in [0.2, 0.25) is 5.91 Å². The molecule has 0 spiro atoms. The molecule has 3 aliphatic rings. The van der Waals surface area contributed by atoms with Crippen LogP contribution in [0.4, 0.5) is 11.5 Å². The van der Waals surface area contributed by atoms with Crippen LogP contribution < -0.4 is 14.5 Å². The number of aryl methyl sites for hydroxylation is 1. The zero-order valence-electron chi connectivity index (χ0n) is 27.5. The molecule has 0 radical (unpaired) electrons. The van der Waals surface area contributed by atoms with Gasteiger partial charge in [0.1, 0.15) is 12.4 Å². The van der Waals surface area contributed by atoms with Gasteiger partial charge in [-0.25, -0.2) is 0 Å². The molecule has 1 amide bonds. The monoisotopic (exact) mass is 639 g/mol. The quantitative estimate of drug-likeness (QED) is 0.315. The number of fused-ring (bicyclic) bond motifs is 2. The van der Waals surface area contributed by atoms with Gasteiger partial charge in [0, 0.05) is 68.7 Å². The summed E-state index contributed by atoms with van der Waals surface area (Å²) >= 11 is 0. The average Bonchev–Trinajstić information content (AvgIpc) is 3.53. The first kappa shape index (κ1) is 33.7. The Morgan fingerprint density at radius 1 is 1.09 bits per heavy atom. The Morgan fingerprint density at radius 3 is 2.55 bits per heavy atom. The van der Waals surface area contributed by atoms with Gasteiger partial charge >= 0.3 is 12.0 Å². The standard InChI is InChI=1S/C34H42N6O4.C2H3N/c1-3-30(41)38-18-20-39(21-19-38)33-27-14-17-40(29-12-5-10-25-9-4-8-24(2)32(25)29)22-28(27)35-34(36-33)44-23-26-11-6-15-37(26)16-7-13-31(42)43;1-2-3/h3-5,8-10,12,26H,1,6-7,11,13-23H2,2H3,(H,42,43);1H3. The van der Waals surface area contributed by atoms with Crippen LogP contribution in [-0.4, -0.2) is 95.2 Å². The number of carboxylic acid groups (broad SMARTS) is 1. The number of likely N-dealkylation sites (tertiary alicyclic amines) is 1. The van der Waals surface area contributed by atoms with E-state index in [2.05, 4.69) is 64.6 Å². The predicted molar refractivity (Wildman–Crippen MR) is 183 cm³/mol. The molecular formula is C36H45N7O4. The summed E-state index contributed by atoms with van der Waals surface area (Å²) in [4.78, 5) is 42.1. The summed E-state index contributed by atoms with van der Waals surface area (Å²) in [6.07, 6.45) is 5.10. The van der Waals surface area contributed by atoms with E-state index in [0.29, 0.717) is 51.8 Å². The molecule has 0 bridgehead atoms. The van der Waals surface area contributed by atoms with Crippen molar-refractivity contribution in [2.45, 2.75) is 58.5 Å². The van der Waals surface area contributed by atoms with Crippen LogP contribution in [0.2, 0.25) is 0 Å². The molecule has 47 heavy (non-hydrogen) atoms. The molecule has 248 valence electrons. The van der Waals surface area contributed by atoms with Crippen LogP contribution in [0.25, 0.3) is 10.8 Å². The van der Waals surface area contributed by atoms with Crippen molar-refractivity contribution in [2.75, 3.05) is 62.2 Å². The van der Waals surface area contributed by atoms with E-state index in [9.17, 15) is 9.59 Å². The van der Waals surface area contributed by atoms with Crippen molar-refractivity contribution in [1.29, 1.82) is 5.26 Å². The maximum atomic E-state index is 12.2. The number of amides is 1. The van der Waals surface area contributed by atoms with E-state index in [-0.39, 0.29) is 18.4 Å². The van der Waals surface area contributed by atoms with E-state index in [4.69, 9.17) is 25.1 Å². The van der Waals surface area contributed by atoms with Gasteiger partial charge in [-0.3, -0.25) is 14.5 Å². The second kappa shape index (κ2) is 15.7. The Hall–Kier alpha value is -4.69. The number of aliphatic carboxylic acids is 1. The third kappa shape index (κ3) is 8.00. The van der Waals surface area contributed by atoms with Crippen LogP contribution in [0, 0.1) is 18.3 Å². The summed E-state index contributed by atoms with van der Waals surface area (Å²) in [7, 11) is 0. The Bertz CT molecular complexity index is 1620. The Balaban J connectivity index is 0.00000139. The first-order valence-electron chi connectivity index (χ1n) is 16.5. The van der Waals surface area contributed by atoms with Crippen LogP contribution in [0.15, 0.2) is 49.1 Å². The van der Waals surface area contributed by atoms with Crippen LogP contribution in [-0.2, 0) is 22.6 Å². The highest BCUT2D eigenvalue weighted by atomic mass is 16.5. The van der Waals surface area contributed by atoms with E-state index >= 15 is 0 Å². The third-order valence-corrected chi connectivity index (χ3v) is 9.26. The summed E-state index contributed by atoms with van der Waals surface area (Å²) in [5.41, 5.74) is 4.61. The second-order valence-corrected chi connectivity index (χ2v) is 12.3. The molecule has 2 aromatic carbocycles. The normalized spacial score (nSPS) is 17.8. The molecule has 1 aromatic heterocycles. The molecule has 0 saturated carbocycles. The molecular weight excluding hydrogens is 594 g/mol. The smallest absolute Gasteiger partial charge is 0.318 e. The molecule has 6 rings (SSSR count). The van der Waals surface area contributed by atoms with Gasteiger partial charge in [-0.05, 0) is 68.8 Å². The van der Waals surface area contributed by atoms with Crippen molar-refractivity contribution < 1.29 is 19.4 Å². The lowest BCUT2D eigenvalue weighted by Crippen LogP contribution is -2.49. The number of aromatic nitrogens is 2. The number of nitrogens with zero attached hydrogens (tertiary/aromatic N) is 7. The second-order valence-electron chi connectivity index (χ2n) is 12.3. The minimum atomic E-state index is -0.755. The summed E-state index contributed by atoms with van der Waals surface area (Å²) in [6, 6.07) is 15.3. The van der Waals surface area contributed by atoms with E-state index in [1.54, 1.807) is 6.07 Å². The molecule has 3 aromatic rings. The molecule has 0 aliphatic carbocycles. The number of ether oxygens (including phenoxy) is 1. The van der Waals surface area contributed by atoms with Crippen LogP contribution in [0.3, 0.4) is 0 Å². The minimum absolute atomic E-state index is 0.0381. The number of carbonyl (C=O) groups is 2. The first-order chi connectivity index (χ1) is 22.8. The van der Waals surface area contributed by atoms with E-state index in [1.807, 2.05) is 4.90 Å². The van der Waals surface area contributed by atoms with Gasteiger partial charge in [-0.15, -0.1) is 0 Å². The lowest BCUT2D eigenvalue weighted by atomic mass is 9.99. The highest BCUT2D eigenvalue weighted by molar-refractivity contribution is 5.97. The lowest BCUT2D eigenvalue weighted by Gasteiger charge is -2.38. The SMILES string of the molecule is C=CC(=O)N1CCN(c2nc(OCC3CCCN3CCCC(=O)O)nc3c2CCN(c2cccc4cccc(C)c24)C3)CC1.CC#N. The fraction of sp³-hybridized carbons (Fsp3) is 0.472. The van der Waals surface area contributed by atoms with Crippen molar-refractivity contribution in [1.82, 2.24) is 19.8 Å². The molecule has 11 nitrogen and oxygen atoms in total. The highest BCUT2D eigenvalue weighted by Gasteiger charge is 2.30. The average molecular weight is 640 g/mol. The Morgan fingerprint density at radius 2 is 1.83 bits per heavy atom. The van der Waals surface area contributed by atoms with E-state index < -0.39 is 5.97 Å². The molecule has 1 N–H and O–H groups in total. The maximum absolute atomic E-state index is 12.2. The predicted octanol–water partition coefficient (Wildman–Crippen LogP) is 4.57. The van der Waals surface area contributed by atoms with E-state index in [0.717, 1.165) is 56.0 Å². The number of carboxylic acids is 1. The van der Waals surface area contributed by atoms with Gasteiger partial charge in [-0.2, -0.15) is 15.2 Å². The van der Waals surface area contributed by atoms with Gasteiger partial charge in [-0.1, -0.05) is 36.9 Å². The first-order valence-corrected chi connectivity index (χ1v) is 16.5. The molecule has 1 unspecified atom stereocenters. The van der Waals surface area contributed by atoms with Gasteiger partial charge < -0.3 is 24.5 Å². The third-order valence-electron chi connectivity index (χ3n) is 9.26. The number of hydrogen-bond acceptors (Lipinski definition) is 9. The number of benzene rings is 2. The molecule has 2 saturated heterocycles. The summed E-state index contributed by atoms with van der Waals surface area (Å²) < 4.78 is 6.35. The largest absolute Gasteiger partial charge is 0.481 e.